The summed E-state index contributed by atoms with van der Waals surface area (Å²) < 4.78 is 0. The Morgan fingerprint density at radius 3 is 1.93 bits per heavy atom. The zero-order valence-electron chi connectivity index (χ0n) is 17.9. The van der Waals surface area contributed by atoms with Gasteiger partial charge in [-0.1, -0.05) is 75.7 Å². The third-order valence-corrected chi connectivity index (χ3v) is 4.91. The highest BCUT2D eigenvalue weighted by Gasteiger charge is 2.19. The van der Waals surface area contributed by atoms with Crippen molar-refractivity contribution in [3.63, 3.8) is 0 Å². The van der Waals surface area contributed by atoms with Crippen LogP contribution in [0.25, 0.3) is 0 Å². The number of benzene rings is 2. The molecule has 0 atom stereocenters. The molecule has 0 aliphatic rings. The van der Waals surface area contributed by atoms with E-state index in [9.17, 15) is 9.59 Å². The molecule has 0 saturated heterocycles. The topological polar surface area (TPSA) is 49.4 Å². The molecule has 150 valence electrons. The number of nitrogens with one attached hydrogen (secondary N) is 1. The first-order chi connectivity index (χ1) is 13.2. The van der Waals surface area contributed by atoms with Gasteiger partial charge < -0.3 is 10.2 Å². The Morgan fingerprint density at radius 1 is 0.929 bits per heavy atom. The van der Waals surface area contributed by atoms with Gasteiger partial charge in [0.2, 0.25) is 11.8 Å². The maximum atomic E-state index is 12.8. The fraction of sp³-hybridized carbons (Fsp3) is 0.417. The first-order valence-electron chi connectivity index (χ1n) is 9.92. The number of nitrogens with zero attached hydrogens (tertiary/aromatic N) is 1. The summed E-state index contributed by atoms with van der Waals surface area (Å²) in [6.07, 6.45) is 0. The molecule has 4 heteroatoms. The van der Waals surface area contributed by atoms with E-state index in [1.165, 1.54) is 12.5 Å². The van der Waals surface area contributed by atoms with Gasteiger partial charge in [-0.2, -0.15) is 0 Å². The van der Waals surface area contributed by atoms with Gasteiger partial charge in [-0.15, -0.1) is 0 Å². The van der Waals surface area contributed by atoms with Gasteiger partial charge in [0.1, 0.15) is 6.54 Å². The van der Waals surface area contributed by atoms with Crippen LogP contribution in [0.2, 0.25) is 0 Å². The molecule has 4 nitrogen and oxygen atoms in total. The summed E-state index contributed by atoms with van der Waals surface area (Å²) in [6.45, 7) is 12.5. The molecular weight excluding hydrogens is 348 g/mol. The van der Waals surface area contributed by atoms with Gasteiger partial charge >= 0.3 is 0 Å². The van der Waals surface area contributed by atoms with Crippen molar-refractivity contribution in [2.24, 2.45) is 0 Å². The summed E-state index contributed by atoms with van der Waals surface area (Å²) in [6, 6.07) is 14.2. The molecule has 2 rings (SSSR count). The van der Waals surface area contributed by atoms with Crippen LogP contribution in [0.4, 0.5) is 5.69 Å². The third kappa shape index (κ3) is 5.69. The number of amides is 2. The highest BCUT2D eigenvalue weighted by Crippen LogP contribution is 2.32. The Balaban J connectivity index is 2.19. The van der Waals surface area contributed by atoms with Crippen molar-refractivity contribution in [1.29, 1.82) is 0 Å². The number of anilines is 1. The van der Waals surface area contributed by atoms with Gasteiger partial charge in [0.05, 0.1) is 0 Å². The molecule has 0 aliphatic heterocycles. The zero-order chi connectivity index (χ0) is 20.8. The predicted octanol–water partition coefficient (Wildman–Crippen LogP) is 5.23. The minimum absolute atomic E-state index is 0.0349. The predicted molar refractivity (Wildman–Crippen MR) is 116 cm³/mol. The molecule has 1 N–H and O–H groups in total. The smallest absolute Gasteiger partial charge is 0.244 e. The summed E-state index contributed by atoms with van der Waals surface area (Å²) in [5.41, 5.74) is 5.30. The fourth-order valence-corrected chi connectivity index (χ4v) is 3.24. The number of aryl methyl sites for hydroxylation is 1. The van der Waals surface area contributed by atoms with E-state index < -0.39 is 0 Å². The minimum Gasteiger partial charge on any atom is -0.329 e. The quantitative estimate of drug-likeness (QED) is 0.715. The van der Waals surface area contributed by atoms with E-state index in [0.717, 1.165) is 22.4 Å². The Bertz CT molecular complexity index is 797. The van der Waals surface area contributed by atoms with Crippen molar-refractivity contribution >= 4 is 17.5 Å². The highest BCUT2D eigenvalue weighted by molar-refractivity contribution is 5.95. The monoisotopic (exact) mass is 380 g/mol. The molecule has 28 heavy (non-hydrogen) atoms. The number of carbonyl (C=O) groups excluding carboxylic acids is 2. The van der Waals surface area contributed by atoms with Gasteiger partial charge in [-0.3, -0.25) is 9.59 Å². The summed E-state index contributed by atoms with van der Waals surface area (Å²) in [5, 5.41) is 3.09. The average Bonchev–Trinajstić information content (AvgIpc) is 2.62. The van der Waals surface area contributed by atoms with E-state index in [2.05, 4.69) is 45.1 Å². The van der Waals surface area contributed by atoms with Crippen molar-refractivity contribution < 1.29 is 9.59 Å². The summed E-state index contributed by atoms with van der Waals surface area (Å²) in [4.78, 5) is 26.5. The molecule has 0 unspecified atom stereocenters. The molecule has 0 saturated carbocycles. The van der Waals surface area contributed by atoms with Crippen LogP contribution in [0.15, 0.2) is 42.5 Å². The van der Waals surface area contributed by atoms with Gasteiger partial charge in [0.15, 0.2) is 0 Å². The second-order valence-electron chi connectivity index (χ2n) is 8.03. The van der Waals surface area contributed by atoms with Crippen LogP contribution in [0.3, 0.4) is 0 Å². The maximum Gasteiger partial charge on any atom is 0.244 e. The van der Waals surface area contributed by atoms with E-state index in [0.29, 0.717) is 18.4 Å². The van der Waals surface area contributed by atoms with Crippen LogP contribution in [0.1, 0.15) is 68.7 Å². The van der Waals surface area contributed by atoms with E-state index >= 15 is 0 Å². The first-order valence-corrected chi connectivity index (χ1v) is 9.92. The molecule has 0 fully saturated rings. The molecule has 0 aliphatic carbocycles. The second kappa shape index (κ2) is 9.54. The van der Waals surface area contributed by atoms with Gasteiger partial charge in [0.25, 0.3) is 0 Å². The van der Waals surface area contributed by atoms with Crippen LogP contribution < -0.4 is 5.32 Å². The fourth-order valence-electron chi connectivity index (χ4n) is 3.24. The highest BCUT2D eigenvalue weighted by atomic mass is 16.2. The number of hydrogen-bond donors (Lipinski definition) is 1. The molecule has 0 bridgehead atoms. The number of carbonyl (C=O) groups is 2. The SMILES string of the molecule is CC(=O)N(CC(=O)Nc1c(C(C)C)cccc1C(C)C)Cc1ccc(C)cc1. The third-order valence-electron chi connectivity index (χ3n) is 4.91. The molecule has 0 heterocycles. The second-order valence-corrected chi connectivity index (χ2v) is 8.03. The molecule has 2 amide bonds. The van der Waals surface area contributed by atoms with Gasteiger partial charge in [0, 0.05) is 19.2 Å². The molecule has 2 aromatic rings. The number of hydrogen-bond acceptors (Lipinski definition) is 2. The van der Waals surface area contributed by atoms with Crippen LogP contribution in [-0.2, 0) is 16.1 Å². The lowest BCUT2D eigenvalue weighted by Crippen LogP contribution is -2.36. The first kappa shape index (κ1) is 21.7. The Labute approximate surface area is 169 Å². The summed E-state index contributed by atoms with van der Waals surface area (Å²) in [7, 11) is 0. The van der Waals surface area contributed by atoms with Crippen molar-refractivity contribution in [1.82, 2.24) is 4.90 Å². The van der Waals surface area contributed by atoms with E-state index in [-0.39, 0.29) is 18.4 Å². The molecular formula is C24H32N2O2. The summed E-state index contributed by atoms with van der Waals surface area (Å²) >= 11 is 0. The van der Waals surface area contributed by atoms with Crippen LogP contribution in [0, 0.1) is 6.92 Å². The molecule has 0 radical (unpaired) electrons. The van der Waals surface area contributed by atoms with Crippen molar-refractivity contribution in [2.75, 3.05) is 11.9 Å². The normalized spacial score (nSPS) is 11.0. The number of rotatable bonds is 7. The Kier molecular flexibility index (Phi) is 7.38. The average molecular weight is 381 g/mol. The van der Waals surface area contributed by atoms with Crippen LogP contribution in [-0.4, -0.2) is 23.3 Å². The maximum absolute atomic E-state index is 12.8. The van der Waals surface area contributed by atoms with Crippen molar-refractivity contribution in [3.8, 4) is 0 Å². The Hall–Kier alpha value is -2.62. The van der Waals surface area contributed by atoms with Crippen molar-refractivity contribution in [3.05, 3.63) is 64.7 Å². The van der Waals surface area contributed by atoms with Crippen molar-refractivity contribution in [2.45, 2.75) is 59.9 Å². The lowest BCUT2D eigenvalue weighted by atomic mass is 9.92. The molecule has 0 aromatic heterocycles. The minimum atomic E-state index is -0.169. The lowest BCUT2D eigenvalue weighted by Gasteiger charge is -2.23. The van der Waals surface area contributed by atoms with Gasteiger partial charge in [-0.05, 0) is 35.4 Å². The molecule has 0 spiro atoms. The van der Waals surface area contributed by atoms with E-state index in [1.54, 1.807) is 4.90 Å². The largest absolute Gasteiger partial charge is 0.329 e. The van der Waals surface area contributed by atoms with E-state index in [1.807, 2.05) is 37.3 Å². The zero-order valence-corrected chi connectivity index (χ0v) is 17.9. The van der Waals surface area contributed by atoms with Crippen LogP contribution in [0.5, 0.6) is 0 Å². The van der Waals surface area contributed by atoms with E-state index in [4.69, 9.17) is 0 Å². The summed E-state index contributed by atoms with van der Waals surface area (Å²) in [5.74, 6) is 0.310. The Morgan fingerprint density at radius 2 is 1.46 bits per heavy atom. The van der Waals surface area contributed by atoms with Crippen LogP contribution >= 0.6 is 0 Å². The lowest BCUT2D eigenvalue weighted by molar-refractivity contribution is -0.133. The van der Waals surface area contributed by atoms with Gasteiger partial charge in [-0.25, -0.2) is 0 Å². The number of para-hydroxylation sites is 1. The molecule has 2 aromatic carbocycles. The standard InChI is InChI=1S/C24H32N2O2/c1-16(2)21-8-7-9-22(17(3)4)24(21)25-23(28)15-26(19(6)27)14-20-12-10-18(5)11-13-20/h7-13,16-17H,14-15H2,1-6H3,(H,25,28).